The fraction of sp³-hybridized carbons (Fsp3) is 0.333. The number of nitrogens with one attached hydrogen (secondary N) is 1. The van der Waals surface area contributed by atoms with E-state index in [1.54, 1.807) is 0 Å². The fourth-order valence-corrected chi connectivity index (χ4v) is 2.05. The van der Waals surface area contributed by atoms with Crippen molar-refractivity contribution in [3.05, 3.63) is 30.3 Å². The second-order valence-electron chi connectivity index (χ2n) is 2.76. The first kappa shape index (κ1) is 7.95. The van der Waals surface area contributed by atoms with Gasteiger partial charge in [0.05, 0.1) is 12.5 Å². The summed E-state index contributed by atoms with van der Waals surface area (Å²) in [6, 6.07) is 10.5. The van der Waals surface area contributed by atoms with Crippen LogP contribution >= 0.6 is 11.8 Å². The number of benzene rings is 1. The number of hydrogen-bond acceptors (Lipinski definition) is 3. The molecule has 2 nitrogen and oxygen atoms in total. The van der Waals surface area contributed by atoms with Crippen LogP contribution in [0, 0.1) is 0 Å². The van der Waals surface area contributed by atoms with E-state index in [9.17, 15) is 0 Å². The van der Waals surface area contributed by atoms with Crippen LogP contribution < -0.4 is 10.2 Å². The molecule has 1 fully saturated rings. The van der Waals surface area contributed by atoms with E-state index >= 15 is 0 Å². The number of para-hydroxylation sites is 1. The first-order chi connectivity index (χ1) is 5.97. The molecule has 0 atom stereocenters. The Kier molecular flexibility index (Phi) is 2.54. The van der Waals surface area contributed by atoms with Crippen LogP contribution in [-0.2, 0) is 0 Å². The molecular formula is C9H12N2S. The van der Waals surface area contributed by atoms with E-state index in [4.69, 9.17) is 0 Å². The molecule has 1 aromatic rings. The molecule has 0 spiro atoms. The van der Waals surface area contributed by atoms with Crippen LogP contribution in [-0.4, -0.2) is 18.4 Å². The molecule has 1 aromatic carbocycles. The summed E-state index contributed by atoms with van der Waals surface area (Å²) in [5.74, 6) is 2.17. The third-order valence-electron chi connectivity index (χ3n) is 1.88. The Bertz CT molecular complexity index is 232. The smallest absolute Gasteiger partial charge is 0.0697 e. The molecule has 0 saturated carbocycles. The molecule has 2 rings (SSSR count). The maximum atomic E-state index is 3.32. The SMILES string of the molecule is c1ccc(N2CNCSC2)cc1. The molecule has 1 N–H and O–H groups in total. The number of rotatable bonds is 1. The molecule has 0 amide bonds. The highest BCUT2D eigenvalue weighted by molar-refractivity contribution is 7.99. The normalized spacial score (nSPS) is 17.8. The van der Waals surface area contributed by atoms with E-state index < -0.39 is 0 Å². The number of hydrogen-bond donors (Lipinski definition) is 1. The van der Waals surface area contributed by atoms with Gasteiger partial charge < -0.3 is 4.90 Å². The Balaban J connectivity index is 2.08. The fourth-order valence-electron chi connectivity index (χ4n) is 1.26. The summed E-state index contributed by atoms with van der Waals surface area (Å²) in [5, 5.41) is 3.32. The minimum atomic E-state index is 0.969. The molecule has 1 aliphatic heterocycles. The van der Waals surface area contributed by atoms with Crippen molar-refractivity contribution in [1.29, 1.82) is 0 Å². The minimum Gasteiger partial charge on any atom is -0.349 e. The summed E-state index contributed by atoms with van der Waals surface area (Å²) in [6.45, 7) is 0.969. The van der Waals surface area contributed by atoms with Crippen molar-refractivity contribution in [3.63, 3.8) is 0 Å². The molecule has 0 bridgehead atoms. The average Bonchev–Trinajstić information content (AvgIpc) is 2.21. The third-order valence-corrected chi connectivity index (χ3v) is 2.78. The lowest BCUT2D eigenvalue weighted by Gasteiger charge is -2.28. The van der Waals surface area contributed by atoms with Crippen LogP contribution in [0.25, 0.3) is 0 Å². The first-order valence-electron chi connectivity index (χ1n) is 4.05. The Hall–Kier alpha value is -0.670. The Labute approximate surface area is 77.0 Å². The van der Waals surface area contributed by atoms with E-state index in [0.717, 1.165) is 18.4 Å². The lowest BCUT2D eigenvalue weighted by molar-refractivity contribution is 0.731. The summed E-state index contributed by atoms with van der Waals surface area (Å²) in [7, 11) is 0. The van der Waals surface area contributed by atoms with E-state index in [1.165, 1.54) is 5.69 Å². The van der Waals surface area contributed by atoms with Crippen molar-refractivity contribution in [2.45, 2.75) is 0 Å². The van der Waals surface area contributed by atoms with E-state index in [-0.39, 0.29) is 0 Å². The van der Waals surface area contributed by atoms with Crippen LogP contribution in [0.15, 0.2) is 30.3 Å². The van der Waals surface area contributed by atoms with Crippen molar-refractivity contribution in [2.24, 2.45) is 0 Å². The average molecular weight is 180 g/mol. The van der Waals surface area contributed by atoms with Crippen LogP contribution in [0.5, 0.6) is 0 Å². The van der Waals surface area contributed by atoms with Gasteiger partial charge in [-0.1, -0.05) is 18.2 Å². The van der Waals surface area contributed by atoms with Gasteiger partial charge in [0.15, 0.2) is 0 Å². The van der Waals surface area contributed by atoms with Crippen LogP contribution in [0.3, 0.4) is 0 Å². The minimum absolute atomic E-state index is 0.969. The van der Waals surface area contributed by atoms with Gasteiger partial charge in [0.2, 0.25) is 0 Å². The van der Waals surface area contributed by atoms with Crippen LogP contribution in [0.1, 0.15) is 0 Å². The lowest BCUT2D eigenvalue weighted by Crippen LogP contribution is -2.38. The summed E-state index contributed by atoms with van der Waals surface area (Å²) >= 11 is 1.91. The highest BCUT2D eigenvalue weighted by Crippen LogP contribution is 2.17. The molecule has 3 heteroatoms. The maximum absolute atomic E-state index is 3.32. The third kappa shape index (κ3) is 1.73. The van der Waals surface area contributed by atoms with Gasteiger partial charge in [0.1, 0.15) is 0 Å². The van der Waals surface area contributed by atoms with Gasteiger partial charge in [-0.15, -0.1) is 11.8 Å². The van der Waals surface area contributed by atoms with E-state index in [2.05, 4.69) is 34.5 Å². The van der Waals surface area contributed by atoms with Gasteiger partial charge in [0.25, 0.3) is 0 Å². The summed E-state index contributed by atoms with van der Waals surface area (Å²) in [6.07, 6.45) is 0. The number of nitrogens with zero attached hydrogens (tertiary/aromatic N) is 1. The molecule has 1 heterocycles. The molecule has 0 unspecified atom stereocenters. The summed E-state index contributed by atoms with van der Waals surface area (Å²) < 4.78 is 0. The maximum Gasteiger partial charge on any atom is 0.0697 e. The van der Waals surface area contributed by atoms with Gasteiger partial charge in [-0.05, 0) is 12.1 Å². The number of thioether (sulfide) groups is 1. The van der Waals surface area contributed by atoms with Gasteiger partial charge in [-0.25, -0.2) is 0 Å². The monoisotopic (exact) mass is 180 g/mol. The molecule has 1 aliphatic rings. The molecule has 64 valence electrons. The highest BCUT2D eigenvalue weighted by atomic mass is 32.2. The Morgan fingerprint density at radius 1 is 1.25 bits per heavy atom. The molecule has 12 heavy (non-hydrogen) atoms. The standard InChI is InChI=1S/C9H12N2S/c1-2-4-9(5-3-1)11-6-10-7-12-8-11/h1-5,10H,6-8H2. The van der Waals surface area contributed by atoms with Crippen LogP contribution in [0.2, 0.25) is 0 Å². The lowest BCUT2D eigenvalue weighted by atomic mass is 10.3. The molecule has 1 saturated heterocycles. The largest absolute Gasteiger partial charge is 0.349 e. The van der Waals surface area contributed by atoms with Gasteiger partial charge >= 0.3 is 0 Å². The Morgan fingerprint density at radius 2 is 2.08 bits per heavy atom. The van der Waals surface area contributed by atoms with Gasteiger partial charge in [-0.2, -0.15) is 0 Å². The summed E-state index contributed by atoms with van der Waals surface area (Å²) in [4.78, 5) is 2.33. The molecular weight excluding hydrogens is 168 g/mol. The zero-order valence-electron chi connectivity index (χ0n) is 6.86. The quantitative estimate of drug-likeness (QED) is 0.708. The van der Waals surface area contributed by atoms with E-state index in [0.29, 0.717) is 0 Å². The first-order valence-corrected chi connectivity index (χ1v) is 5.21. The van der Waals surface area contributed by atoms with Crippen molar-refractivity contribution >= 4 is 17.4 Å². The second-order valence-corrected chi connectivity index (χ2v) is 3.72. The van der Waals surface area contributed by atoms with Gasteiger partial charge in [-0.3, -0.25) is 5.32 Å². The zero-order chi connectivity index (χ0) is 8.23. The molecule has 0 aromatic heterocycles. The summed E-state index contributed by atoms with van der Waals surface area (Å²) in [5.41, 5.74) is 1.30. The van der Waals surface area contributed by atoms with Crippen LogP contribution in [0.4, 0.5) is 5.69 Å². The molecule has 0 aliphatic carbocycles. The second kappa shape index (κ2) is 3.83. The zero-order valence-corrected chi connectivity index (χ0v) is 7.68. The topological polar surface area (TPSA) is 15.3 Å². The van der Waals surface area contributed by atoms with Crippen molar-refractivity contribution in [2.75, 3.05) is 23.3 Å². The van der Waals surface area contributed by atoms with Gasteiger partial charge in [0, 0.05) is 11.6 Å². The predicted octanol–water partition coefficient (Wildman–Crippen LogP) is 1.70. The highest BCUT2D eigenvalue weighted by Gasteiger charge is 2.08. The predicted molar refractivity (Wildman–Crippen MR) is 54.2 cm³/mol. The van der Waals surface area contributed by atoms with Crippen molar-refractivity contribution in [1.82, 2.24) is 5.32 Å². The number of anilines is 1. The molecule has 0 radical (unpaired) electrons. The Morgan fingerprint density at radius 3 is 2.75 bits per heavy atom. The van der Waals surface area contributed by atoms with Crippen molar-refractivity contribution in [3.8, 4) is 0 Å². The van der Waals surface area contributed by atoms with E-state index in [1.807, 2.05) is 17.8 Å². The van der Waals surface area contributed by atoms with Crippen molar-refractivity contribution < 1.29 is 0 Å².